The summed E-state index contributed by atoms with van der Waals surface area (Å²) in [5.74, 6) is -0.136. The van der Waals surface area contributed by atoms with Crippen LogP contribution in [0.4, 0.5) is 5.82 Å². The second-order valence-corrected chi connectivity index (χ2v) is 6.59. The number of anilines is 1. The van der Waals surface area contributed by atoms with Gasteiger partial charge in [0.2, 0.25) is 0 Å². The smallest absolute Gasteiger partial charge is 0.309 e. The SMILES string of the molecule is Cc1cc(CNc2cccc(CN3CC(C(=O)O)C3)n2)ccc1Cl. The molecular formula is C18H20ClN3O2. The average molecular weight is 346 g/mol. The number of hydrogen-bond donors (Lipinski definition) is 2. The van der Waals surface area contributed by atoms with E-state index in [9.17, 15) is 4.79 Å². The number of halogens is 1. The highest BCUT2D eigenvalue weighted by Gasteiger charge is 2.32. The van der Waals surface area contributed by atoms with Crippen molar-refractivity contribution < 1.29 is 9.90 Å². The molecule has 24 heavy (non-hydrogen) atoms. The first-order chi connectivity index (χ1) is 11.5. The van der Waals surface area contributed by atoms with Crippen LogP contribution < -0.4 is 5.32 Å². The summed E-state index contributed by atoms with van der Waals surface area (Å²) in [4.78, 5) is 17.5. The molecule has 2 heterocycles. The van der Waals surface area contributed by atoms with Gasteiger partial charge in [0.05, 0.1) is 11.6 Å². The average Bonchev–Trinajstić information content (AvgIpc) is 2.52. The Hall–Kier alpha value is -2.11. The molecule has 1 aromatic carbocycles. The van der Waals surface area contributed by atoms with Crippen LogP contribution in [0.1, 0.15) is 16.8 Å². The molecule has 0 spiro atoms. The largest absolute Gasteiger partial charge is 0.481 e. The van der Waals surface area contributed by atoms with E-state index >= 15 is 0 Å². The van der Waals surface area contributed by atoms with Gasteiger partial charge >= 0.3 is 5.97 Å². The van der Waals surface area contributed by atoms with Gasteiger partial charge in [-0.1, -0.05) is 29.8 Å². The molecule has 0 amide bonds. The van der Waals surface area contributed by atoms with Crippen molar-refractivity contribution in [2.45, 2.75) is 20.0 Å². The van der Waals surface area contributed by atoms with E-state index in [0.29, 0.717) is 26.2 Å². The molecule has 6 heteroatoms. The Morgan fingerprint density at radius 3 is 2.88 bits per heavy atom. The van der Waals surface area contributed by atoms with Gasteiger partial charge in [-0.05, 0) is 36.2 Å². The number of rotatable bonds is 6. The molecule has 3 rings (SSSR count). The monoisotopic (exact) mass is 345 g/mol. The van der Waals surface area contributed by atoms with E-state index in [-0.39, 0.29) is 5.92 Å². The molecule has 0 radical (unpaired) electrons. The van der Waals surface area contributed by atoms with Crippen molar-refractivity contribution in [3.8, 4) is 0 Å². The third-order valence-electron chi connectivity index (χ3n) is 4.19. The molecule has 5 nitrogen and oxygen atoms in total. The van der Waals surface area contributed by atoms with E-state index in [0.717, 1.165) is 27.7 Å². The third-order valence-corrected chi connectivity index (χ3v) is 4.62. The van der Waals surface area contributed by atoms with E-state index in [2.05, 4.69) is 21.3 Å². The Morgan fingerprint density at radius 2 is 2.17 bits per heavy atom. The molecular weight excluding hydrogens is 326 g/mol. The molecule has 1 aromatic heterocycles. The van der Waals surface area contributed by atoms with Crippen LogP contribution in [0.15, 0.2) is 36.4 Å². The lowest BCUT2D eigenvalue weighted by Crippen LogP contribution is -2.49. The Bertz CT molecular complexity index is 745. The molecule has 2 N–H and O–H groups in total. The molecule has 1 aliphatic heterocycles. The standard InChI is InChI=1S/C18H20ClN3O2/c1-12-7-13(5-6-16(12)19)8-20-17-4-2-3-15(21-17)11-22-9-14(10-22)18(23)24/h2-7,14H,8-11H2,1H3,(H,20,21)(H,23,24). The quantitative estimate of drug-likeness (QED) is 0.841. The predicted molar refractivity (Wildman–Crippen MR) is 94.2 cm³/mol. The molecule has 0 saturated carbocycles. The minimum absolute atomic E-state index is 0.237. The Labute approximate surface area is 146 Å². The summed E-state index contributed by atoms with van der Waals surface area (Å²) in [5.41, 5.74) is 3.15. The number of carbonyl (C=O) groups is 1. The van der Waals surface area contributed by atoms with Crippen LogP contribution >= 0.6 is 11.6 Å². The van der Waals surface area contributed by atoms with Crippen LogP contribution in [0, 0.1) is 12.8 Å². The molecule has 0 aliphatic carbocycles. The Kier molecular flexibility index (Phi) is 5.02. The van der Waals surface area contributed by atoms with Crippen molar-refractivity contribution in [1.82, 2.24) is 9.88 Å². The first kappa shape index (κ1) is 16.7. The van der Waals surface area contributed by atoms with Crippen molar-refractivity contribution in [2.75, 3.05) is 18.4 Å². The molecule has 126 valence electrons. The predicted octanol–water partition coefficient (Wildman–Crippen LogP) is 3.17. The molecule has 0 bridgehead atoms. The minimum atomic E-state index is -0.715. The van der Waals surface area contributed by atoms with Crippen LogP contribution in [0.25, 0.3) is 0 Å². The number of aromatic nitrogens is 1. The van der Waals surface area contributed by atoms with Gasteiger partial charge in [0, 0.05) is 31.2 Å². The summed E-state index contributed by atoms with van der Waals surface area (Å²) in [7, 11) is 0. The van der Waals surface area contributed by atoms with Crippen LogP contribution in [-0.4, -0.2) is 34.0 Å². The van der Waals surface area contributed by atoms with Crippen molar-refractivity contribution in [1.29, 1.82) is 0 Å². The van der Waals surface area contributed by atoms with Crippen LogP contribution in [-0.2, 0) is 17.9 Å². The molecule has 0 unspecified atom stereocenters. The first-order valence-electron chi connectivity index (χ1n) is 7.91. The van der Waals surface area contributed by atoms with Gasteiger partial charge in [-0.25, -0.2) is 4.98 Å². The van der Waals surface area contributed by atoms with Crippen molar-refractivity contribution in [2.24, 2.45) is 5.92 Å². The molecule has 2 aromatic rings. The van der Waals surface area contributed by atoms with Gasteiger partial charge in [-0.2, -0.15) is 0 Å². The number of aryl methyl sites for hydroxylation is 1. The number of benzene rings is 1. The summed E-state index contributed by atoms with van der Waals surface area (Å²) in [6.07, 6.45) is 0. The number of carboxylic acid groups (broad SMARTS) is 1. The fourth-order valence-electron chi connectivity index (χ4n) is 2.76. The molecule has 1 saturated heterocycles. The van der Waals surface area contributed by atoms with E-state index in [1.807, 2.05) is 37.3 Å². The van der Waals surface area contributed by atoms with Crippen LogP contribution in [0.3, 0.4) is 0 Å². The maximum Gasteiger partial charge on any atom is 0.309 e. The molecule has 1 aliphatic rings. The van der Waals surface area contributed by atoms with Gasteiger partial charge in [-0.15, -0.1) is 0 Å². The number of aliphatic carboxylic acids is 1. The number of carboxylic acids is 1. The van der Waals surface area contributed by atoms with E-state index in [1.165, 1.54) is 0 Å². The highest BCUT2D eigenvalue weighted by Crippen LogP contribution is 2.19. The number of nitrogens with one attached hydrogen (secondary N) is 1. The topological polar surface area (TPSA) is 65.5 Å². The minimum Gasteiger partial charge on any atom is -0.481 e. The number of pyridine rings is 1. The zero-order valence-corrected chi connectivity index (χ0v) is 14.3. The maximum absolute atomic E-state index is 10.8. The number of likely N-dealkylation sites (tertiary alicyclic amines) is 1. The van der Waals surface area contributed by atoms with Gasteiger partial charge in [0.15, 0.2) is 0 Å². The fourth-order valence-corrected chi connectivity index (χ4v) is 2.88. The number of nitrogens with zero attached hydrogens (tertiary/aromatic N) is 2. The molecule has 1 fully saturated rings. The van der Waals surface area contributed by atoms with Crippen LogP contribution in [0.5, 0.6) is 0 Å². The highest BCUT2D eigenvalue weighted by molar-refractivity contribution is 6.31. The fraction of sp³-hybridized carbons (Fsp3) is 0.333. The van der Waals surface area contributed by atoms with Crippen LogP contribution in [0.2, 0.25) is 5.02 Å². The number of hydrogen-bond acceptors (Lipinski definition) is 4. The summed E-state index contributed by atoms with van der Waals surface area (Å²) < 4.78 is 0. The lowest BCUT2D eigenvalue weighted by molar-refractivity contribution is -0.147. The summed E-state index contributed by atoms with van der Waals surface area (Å²) in [6, 6.07) is 11.8. The van der Waals surface area contributed by atoms with E-state index in [4.69, 9.17) is 16.7 Å². The third kappa shape index (κ3) is 4.04. The van der Waals surface area contributed by atoms with Gasteiger partial charge in [-0.3, -0.25) is 9.69 Å². The summed E-state index contributed by atoms with van der Waals surface area (Å²) >= 11 is 6.04. The molecule has 0 atom stereocenters. The summed E-state index contributed by atoms with van der Waals surface area (Å²) in [5, 5.41) is 13.0. The van der Waals surface area contributed by atoms with Crippen molar-refractivity contribution >= 4 is 23.4 Å². The zero-order valence-electron chi connectivity index (χ0n) is 13.5. The van der Waals surface area contributed by atoms with Gasteiger partial charge in [0.25, 0.3) is 0 Å². The van der Waals surface area contributed by atoms with E-state index < -0.39 is 5.97 Å². The lowest BCUT2D eigenvalue weighted by atomic mass is 10.0. The zero-order chi connectivity index (χ0) is 17.1. The van der Waals surface area contributed by atoms with Crippen molar-refractivity contribution in [3.05, 3.63) is 58.2 Å². The second-order valence-electron chi connectivity index (χ2n) is 6.18. The summed E-state index contributed by atoms with van der Waals surface area (Å²) in [6.45, 7) is 4.54. The van der Waals surface area contributed by atoms with Gasteiger partial charge < -0.3 is 10.4 Å². The van der Waals surface area contributed by atoms with E-state index in [1.54, 1.807) is 0 Å². The lowest BCUT2D eigenvalue weighted by Gasteiger charge is -2.36. The second kappa shape index (κ2) is 7.20. The Morgan fingerprint density at radius 1 is 1.38 bits per heavy atom. The maximum atomic E-state index is 10.8. The normalized spacial score (nSPS) is 15.1. The Balaban J connectivity index is 1.55. The van der Waals surface area contributed by atoms with Crippen molar-refractivity contribution in [3.63, 3.8) is 0 Å². The first-order valence-corrected chi connectivity index (χ1v) is 8.29. The highest BCUT2D eigenvalue weighted by atomic mass is 35.5. The van der Waals surface area contributed by atoms with Gasteiger partial charge in [0.1, 0.15) is 5.82 Å².